The Morgan fingerprint density at radius 2 is 1.83 bits per heavy atom. The van der Waals surface area contributed by atoms with Crippen LogP contribution in [0, 0.1) is 0 Å². The zero-order valence-electron chi connectivity index (χ0n) is 16.9. The molecule has 3 aromatic rings. The molecule has 1 aliphatic rings. The van der Waals surface area contributed by atoms with Crippen molar-refractivity contribution in [2.24, 2.45) is 0 Å². The van der Waals surface area contributed by atoms with Gasteiger partial charge in [-0.2, -0.15) is 0 Å². The molecule has 0 bridgehead atoms. The zero-order chi connectivity index (χ0) is 21.3. The standard InChI is InChI=1S/C22H23N3O5/c1-23(2)21(27)19-14-25(16-9-4-5-10-17(16)29-19)20(26)12-7-13-24-15-8-3-6-11-18(15)30-22(24)28/h3-6,8-11,19H,7,12-14H2,1-2H3/t19-/m1/s1. The second kappa shape index (κ2) is 8.06. The first kappa shape index (κ1) is 19.8. The van der Waals surface area contributed by atoms with Gasteiger partial charge in [0.15, 0.2) is 11.7 Å². The number of likely N-dealkylation sites (N-methyl/N-ethyl adjacent to an activating group) is 1. The third-order valence-corrected chi connectivity index (χ3v) is 5.14. The number of hydrogen-bond donors (Lipinski definition) is 0. The number of aromatic nitrogens is 1. The zero-order valence-corrected chi connectivity index (χ0v) is 16.9. The largest absolute Gasteiger partial charge is 0.476 e. The molecule has 156 valence electrons. The topological polar surface area (TPSA) is 85.0 Å². The Balaban J connectivity index is 1.48. The smallest absolute Gasteiger partial charge is 0.419 e. The molecule has 0 fully saturated rings. The van der Waals surface area contributed by atoms with Crippen molar-refractivity contribution in [3.63, 3.8) is 0 Å². The molecule has 0 aliphatic carbocycles. The third-order valence-electron chi connectivity index (χ3n) is 5.14. The number of fused-ring (bicyclic) bond motifs is 2. The average molecular weight is 409 g/mol. The van der Waals surface area contributed by atoms with E-state index in [1.807, 2.05) is 18.2 Å². The van der Waals surface area contributed by atoms with Crippen molar-refractivity contribution in [1.82, 2.24) is 9.47 Å². The van der Waals surface area contributed by atoms with E-state index in [2.05, 4.69) is 0 Å². The summed E-state index contributed by atoms with van der Waals surface area (Å²) in [6.45, 7) is 0.523. The van der Waals surface area contributed by atoms with Crippen molar-refractivity contribution >= 4 is 28.6 Å². The molecule has 1 aliphatic heterocycles. The van der Waals surface area contributed by atoms with Crippen molar-refractivity contribution in [3.8, 4) is 5.75 Å². The molecule has 0 spiro atoms. The minimum Gasteiger partial charge on any atom is -0.476 e. The molecule has 0 unspecified atom stereocenters. The number of benzene rings is 2. The molecule has 0 radical (unpaired) electrons. The number of rotatable bonds is 5. The van der Waals surface area contributed by atoms with Gasteiger partial charge in [-0.15, -0.1) is 0 Å². The number of anilines is 1. The number of nitrogens with zero attached hydrogens (tertiary/aromatic N) is 3. The predicted molar refractivity (Wildman–Crippen MR) is 112 cm³/mol. The molecule has 0 saturated heterocycles. The number of ether oxygens (including phenoxy) is 1. The molecular weight excluding hydrogens is 386 g/mol. The Bertz CT molecular complexity index is 1150. The lowest BCUT2D eigenvalue weighted by Crippen LogP contribution is -2.50. The van der Waals surface area contributed by atoms with E-state index in [0.717, 1.165) is 0 Å². The van der Waals surface area contributed by atoms with Gasteiger partial charge in [0.25, 0.3) is 5.91 Å². The normalized spacial score (nSPS) is 15.5. The maximum absolute atomic E-state index is 13.0. The highest BCUT2D eigenvalue weighted by molar-refractivity contribution is 5.97. The molecule has 0 saturated carbocycles. The molecule has 2 aromatic carbocycles. The fourth-order valence-corrected chi connectivity index (χ4v) is 3.64. The monoisotopic (exact) mass is 409 g/mol. The van der Waals surface area contributed by atoms with E-state index in [1.165, 1.54) is 9.47 Å². The maximum Gasteiger partial charge on any atom is 0.419 e. The Labute approximate surface area is 173 Å². The summed E-state index contributed by atoms with van der Waals surface area (Å²) >= 11 is 0. The highest BCUT2D eigenvalue weighted by atomic mass is 16.5. The Morgan fingerprint density at radius 1 is 1.10 bits per heavy atom. The fourth-order valence-electron chi connectivity index (χ4n) is 3.64. The lowest BCUT2D eigenvalue weighted by atomic mass is 10.1. The molecule has 4 rings (SSSR count). The molecule has 1 atom stereocenters. The molecule has 8 heteroatoms. The minimum atomic E-state index is -0.751. The van der Waals surface area contributed by atoms with Crippen LogP contribution in [0.4, 0.5) is 5.69 Å². The van der Waals surface area contributed by atoms with Gasteiger partial charge in [-0.3, -0.25) is 14.2 Å². The second-order valence-electron chi connectivity index (χ2n) is 7.40. The summed E-state index contributed by atoms with van der Waals surface area (Å²) in [6, 6.07) is 14.4. The molecular formula is C22H23N3O5. The number of carbonyl (C=O) groups is 2. The van der Waals surface area contributed by atoms with E-state index in [4.69, 9.17) is 9.15 Å². The van der Waals surface area contributed by atoms with Crippen LogP contribution < -0.4 is 15.4 Å². The number of aryl methyl sites for hydroxylation is 1. The van der Waals surface area contributed by atoms with Crippen LogP contribution in [0.5, 0.6) is 5.75 Å². The summed E-state index contributed by atoms with van der Waals surface area (Å²) in [5.74, 6) is -0.242. The molecule has 30 heavy (non-hydrogen) atoms. The quantitative estimate of drug-likeness (QED) is 0.645. The predicted octanol–water partition coefficient (Wildman–Crippen LogP) is 2.26. The Morgan fingerprint density at radius 3 is 2.63 bits per heavy atom. The van der Waals surface area contributed by atoms with Gasteiger partial charge >= 0.3 is 5.76 Å². The van der Waals surface area contributed by atoms with Crippen LogP contribution in [0.2, 0.25) is 0 Å². The number of carbonyl (C=O) groups excluding carboxylic acids is 2. The molecule has 1 aromatic heterocycles. The Kier molecular flexibility index (Phi) is 5.31. The minimum absolute atomic E-state index is 0.122. The van der Waals surface area contributed by atoms with Gasteiger partial charge in [-0.1, -0.05) is 24.3 Å². The van der Waals surface area contributed by atoms with Gasteiger partial charge < -0.3 is 19.0 Å². The van der Waals surface area contributed by atoms with Crippen molar-refractivity contribution < 1.29 is 18.7 Å². The van der Waals surface area contributed by atoms with Gasteiger partial charge in [-0.05, 0) is 30.7 Å². The van der Waals surface area contributed by atoms with Gasteiger partial charge in [0.2, 0.25) is 5.91 Å². The lowest BCUT2D eigenvalue weighted by molar-refractivity contribution is -0.136. The maximum atomic E-state index is 13.0. The second-order valence-corrected chi connectivity index (χ2v) is 7.40. The van der Waals surface area contributed by atoms with Crippen LogP contribution in [0.15, 0.2) is 57.7 Å². The number of para-hydroxylation sites is 4. The van der Waals surface area contributed by atoms with E-state index >= 15 is 0 Å². The highest BCUT2D eigenvalue weighted by Gasteiger charge is 2.34. The molecule has 8 nitrogen and oxygen atoms in total. The molecule has 2 heterocycles. The van der Waals surface area contributed by atoms with E-state index < -0.39 is 11.9 Å². The van der Waals surface area contributed by atoms with Gasteiger partial charge in [0.1, 0.15) is 5.75 Å². The van der Waals surface area contributed by atoms with E-state index in [-0.39, 0.29) is 24.8 Å². The first-order chi connectivity index (χ1) is 14.5. The summed E-state index contributed by atoms with van der Waals surface area (Å²) in [4.78, 5) is 40.6. The number of amides is 2. The van der Waals surface area contributed by atoms with Crippen molar-refractivity contribution in [2.75, 3.05) is 25.5 Å². The average Bonchev–Trinajstić information content (AvgIpc) is 3.07. The third kappa shape index (κ3) is 3.68. The number of hydrogen-bond acceptors (Lipinski definition) is 5. The van der Waals surface area contributed by atoms with Crippen LogP contribution in [0.1, 0.15) is 12.8 Å². The van der Waals surface area contributed by atoms with Gasteiger partial charge in [0, 0.05) is 27.1 Å². The van der Waals surface area contributed by atoms with Crippen LogP contribution in [0.25, 0.3) is 11.1 Å². The van der Waals surface area contributed by atoms with Crippen LogP contribution in [-0.4, -0.2) is 48.0 Å². The lowest BCUT2D eigenvalue weighted by Gasteiger charge is -2.35. The summed E-state index contributed by atoms with van der Waals surface area (Å²) in [5, 5.41) is 0. The van der Waals surface area contributed by atoms with E-state index in [1.54, 1.807) is 49.3 Å². The van der Waals surface area contributed by atoms with Gasteiger partial charge in [0.05, 0.1) is 17.7 Å². The highest BCUT2D eigenvalue weighted by Crippen LogP contribution is 2.34. The SMILES string of the molecule is CN(C)C(=O)[C@H]1CN(C(=O)CCCn2c(=O)oc3ccccc32)c2ccccc2O1. The summed E-state index contributed by atoms with van der Waals surface area (Å²) in [6.07, 6.45) is -0.0590. The van der Waals surface area contributed by atoms with E-state index in [9.17, 15) is 14.4 Å². The van der Waals surface area contributed by atoms with Crippen LogP contribution >= 0.6 is 0 Å². The molecule has 0 N–H and O–H groups in total. The summed E-state index contributed by atoms with van der Waals surface area (Å²) in [5.41, 5.74) is 1.89. The first-order valence-corrected chi connectivity index (χ1v) is 9.81. The van der Waals surface area contributed by atoms with Crippen molar-refractivity contribution in [2.45, 2.75) is 25.5 Å². The molecule has 2 amide bonds. The fraction of sp³-hybridized carbons (Fsp3) is 0.318. The van der Waals surface area contributed by atoms with Crippen molar-refractivity contribution in [3.05, 3.63) is 59.1 Å². The first-order valence-electron chi connectivity index (χ1n) is 9.81. The summed E-state index contributed by atoms with van der Waals surface area (Å²) in [7, 11) is 3.32. The van der Waals surface area contributed by atoms with Crippen LogP contribution in [0.3, 0.4) is 0 Å². The van der Waals surface area contributed by atoms with Gasteiger partial charge in [-0.25, -0.2) is 4.79 Å². The Hall–Kier alpha value is -3.55. The number of oxazole rings is 1. The van der Waals surface area contributed by atoms with E-state index in [0.29, 0.717) is 35.5 Å². The van der Waals surface area contributed by atoms with Crippen LogP contribution in [-0.2, 0) is 16.1 Å². The summed E-state index contributed by atoms with van der Waals surface area (Å²) < 4.78 is 12.6. The van der Waals surface area contributed by atoms with Crippen molar-refractivity contribution in [1.29, 1.82) is 0 Å².